The van der Waals surface area contributed by atoms with Crippen molar-refractivity contribution < 1.29 is 4.79 Å². The average Bonchev–Trinajstić information content (AvgIpc) is 3.17. The van der Waals surface area contributed by atoms with Crippen molar-refractivity contribution in [3.8, 4) is 0 Å². The summed E-state index contributed by atoms with van der Waals surface area (Å²) in [7, 11) is 0. The summed E-state index contributed by atoms with van der Waals surface area (Å²) in [6, 6.07) is 8.63. The minimum absolute atomic E-state index is 0.198. The highest BCUT2D eigenvalue weighted by molar-refractivity contribution is 7.16. The fourth-order valence-corrected chi connectivity index (χ4v) is 5.11. The molecule has 1 aromatic carbocycles. The van der Waals surface area contributed by atoms with Crippen molar-refractivity contribution >= 4 is 33.3 Å². The molecule has 0 radical (unpaired) electrons. The third kappa shape index (κ3) is 4.27. The average molecular weight is 409 g/mol. The molecule has 1 fully saturated rings. The molecule has 0 spiro atoms. The van der Waals surface area contributed by atoms with Crippen molar-refractivity contribution in [2.24, 2.45) is 0 Å². The second-order valence-electron chi connectivity index (χ2n) is 8.01. The molecule has 152 valence electrons. The van der Waals surface area contributed by atoms with Crippen molar-refractivity contribution in [3.63, 3.8) is 0 Å². The van der Waals surface area contributed by atoms with Crippen molar-refractivity contribution in [2.45, 2.75) is 46.1 Å². The number of carbonyl (C=O) groups excluding carboxylic acids is 1. The van der Waals surface area contributed by atoms with E-state index in [0.717, 1.165) is 43.8 Å². The maximum Gasteiger partial charge on any atom is 0.222 e. The number of thiazole rings is 1. The van der Waals surface area contributed by atoms with Crippen LogP contribution in [-0.2, 0) is 11.2 Å². The monoisotopic (exact) mass is 408 g/mol. The van der Waals surface area contributed by atoms with Gasteiger partial charge in [-0.15, -0.1) is 11.3 Å². The Bertz CT molecular complexity index is 1020. The van der Waals surface area contributed by atoms with Crippen molar-refractivity contribution in [3.05, 3.63) is 52.7 Å². The van der Waals surface area contributed by atoms with Gasteiger partial charge in [-0.05, 0) is 56.4 Å². The van der Waals surface area contributed by atoms with E-state index in [0.29, 0.717) is 6.42 Å². The number of pyridine rings is 1. The third-order valence-corrected chi connectivity index (χ3v) is 6.63. The van der Waals surface area contributed by atoms with E-state index in [9.17, 15) is 4.79 Å². The minimum atomic E-state index is 0.198. The first-order chi connectivity index (χ1) is 14.0. The molecule has 0 unspecified atom stereocenters. The van der Waals surface area contributed by atoms with Gasteiger partial charge in [0.15, 0.2) is 0 Å². The molecule has 1 aliphatic rings. The van der Waals surface area contributed by atoms with Crippen LogP contribution in [0.3, 0.4) is 0 Å². The van der Waals surface area contributed by atoms with Crippen LogP contribution in [0.25, 0.3) is 10.2 Å². The predicted octanol–water partition coefficient (Wildman–Crippen LogP) is 4.37. The van der Waals surface area contributed by atoms with Crippen LogP contribution < -0.4 is 4.90 Å². The summed E-state index contributed by atoms with van der Waals surface area (Å²) in [4.78, 5) is 26.2. The molecule has 0 aliphatic carbocycles. The number of rotatable bonds is 5. The SMILES string of the molecule is Cc1cnc(N2CCN(C(=O)CCCc3cccc4ncsc34)[C@@H](C)C2)c(C)c1. The number of hydrogen-bond acceptors (Lipinski definition) is 5. The van der Waals surface area contributed by atoms with Crippen LogP contribution in [0.2, 0.25) is 0 Å². The molecule has 1 saturated heterocycles. The molecule has 1 amide bonds. The van der Waals surface area contributed by atoms with Crippen LogP contribution in [0.15, 0.2) is 36.0 Å². The Hall–Kier alpha value is -2.47. The predicted molar refractivity (Wildman–Crippen MR) is 120 cm³/mol. The number of aromatic nitrogens is 2. The Morgan fingerprint density at radius 1 is 1.24 bits per heavy atom. The summed E-state index contributed by atoms with van der Waals surface area (Å²) in [5, 5.41) is 0. The normalized spacial score (nSPS) is 17.1. The second kappa shape index (κ2) is 8.49. The first-order valence-corrected chi connectivity index (χ1v) is 11.2. The summed E-state index contributed by atoms with van der Waals surface area (Å²) in [5.41, 5.74) is 6.64. The lowest BCUT2D eigenvalue weighted by Gasteiger charge is -2.41. The lowest BCUT2D eigenvalue weighted by Crippen LogP contribution is -2.54. The van der Waals surface area contributed by atoms with Crippen LogP contribution in [0.1, 0.15) is 36.5 Å². The Balaban J connectivity index is 1.32. The van der Waals surface area contributed by atoms with E-state index in [1.807, 2.05) is 22.7 Å². The Kier molecular flexibility index (Phi) is 5.81. The molecule has 0 saturated carbocycles. The molecule has 0 N–H and O–H groups in total. The van der Waals surface area contributed by atoms with Gasteiger partial charge in [0.25, 0.3) is 0 Å². The number of nitrogens with zero attached hydrogens (tertiary/aromatic N) is 4. The van der Waals surface area contributed by atoms with Crippen molar-refractivity contribution in [1.29, 1.82) is 0 Å². The van der Waals surface area contributed by atoms with Crippen LogP contribution in [0, 0.1) is 13.8 Å². The van der Waals surface area contributed by atoms with Gasteiger partial charge in [0.2, 0.25) is 5.91 Å². The number of benzene rings is 1. The van der Waals surface area contributed by atoms with E-state index in [1.165, 1.54) is 21.4 Å². The molecule has 29 heavy (non-hydrogen) atoms. The Morgan fingerprint density at radius 2 is 2.10 bits per heavy atom. The van der Waals surface area contributed by atoms with Crippen molar-refractivity contribution in [1.82, 2.24) is 14.9 Å². The first-order valence-electron chi connectivity index (χ1n) is 10.3. The molecule has 4 rings (SSSR count). The van der Waals surface area contributed by atoms with Gasteiger partial charge >= 0.3 is 0 Å². The van der Waals surface area contributed by atoms with Gasteiger partial charge in [0.05, 0.1) is 15.7 Å². The molecule has 0 bridgehead atoms. The molecule has 3 heterocycles. The number of anilines is 1. The van der Waals surface area contributed by atoms with Gasteiger partial charge in [0, 0.05) is 38.3 Å². The fourth-order valence-electron chi connectivity index (χ4n) is 4.28. The summed E-state index contributed by atoms with van der Waals surface area (Å²) in [6.07, 6.45) is 4.32. The summed E-state index contributed by atoms with van der Waals surface area (Å²) in [6.45, 7) is 8.76. The largest absolute Gasteiger partial charge is 0.353 e. The zero-order chi connectivity index (χ0) is 20.4. The molecule has 2 aromatic heterocycles. The lowest BCUT2D eigenvalue weighted by atomic mass is 10.1. The number of fused-ring (bicyclic) bond motifs is 1. The van der Waals surface area contributed by atoms with Crippen LogP contribution >= 0.6 is 11.3 Å². The zero-order valence-electron chi connectivity index (χ0n) is 17.4. The molecular weight excluding hydrogens is 380 g/mol. The minimum Gasteiger partial charge on any atom is -0.353 e. The molecular formula is C23H28N4OS. The highest BCUT2D eigenvalue weighted by Crippen LogP contribution is 2.25. The van der Waals surface area contributed by atoms with E-state index in [2.05, 4.69) is 53.8 Å². The van der Waals surface area contributed by atoms with E-state index in [1.54, 1.807) is 11.3 Å². The lowest BCUT2D eigenvalue weighted by molar-refractivity contribution is -0.133. The standard InChI is InChI=1S/C23H28N4OS/c1-16-12-17(2)23(24-13-16)26-10-11-27(18(3)14-26)21(28)9-5-7-19-6-4-8-20-22(19)29-15-25-20/h4,6,8,12-13,15,18H,5,7,9-11,14H2,1-3H3/t18-/m0/s1. The van der Waals surface area contributed by atoms with Crippen LogP contribution in [0.5, 0.6) is 0 Å². The van der Waals surface area contributed by atoms with E-state index in [4.69, 9.17) is 0 Å². The van der Waals surface area contributed by atoms with Crippen LogP contribution in [0.4, 0.5) is 5.82 Å². The summed E-state index contributed by atoms with van der Waals surface area (Å²) < 4.78 is 1.25. The smallest absolute Gasteiger partial charge is 0.222 e. The topological polar surface area (TPSA) is 49.3 Å². The number of carbonyl (C=O) groups is 1. The highest BCUT2D eigenvalue weighted by atomic mass is 32.1. The van der Waals surface area contributed by atoms with Gasteiger partial charge in [-0.3, -0.25) is 4.79 Å². The van der Waals surface area contributed by atoms with Gasteiger partial charge in [-0.1, -0.05) is 18.2 Å². The summed E-state index contributed by atoms with van der Waals surface area (Å²) in [5.74, 6) is 1.31. The number of piperazine rings is 1. The fraction of sp³-hybridized carbons (Fsp3) is 0.435. The highest BCUT2D eigenvalue weighted by Gasteiger charge is 2.28. The van der Waals surface area contributed by atoms with Crippen LogP contribution in [-0.4, -0.2) is 46.5 Å². The number of hydrogen-bond donors (Lipinski definition) is 0. The maximum atomic E-state index is 12.8. The Labute approximate surface area is 176 Å². The van der Waals surface area contributed by atoms with Gasteiger partial charge in [0.1, 0.15) is 5.82 Å². The number of aryl methyl sites for hydroxylation is 3. The molecule has 6 heteroatoms. The van der Waals surface area contributed by atoms with Gasteiger partial charge in [-0.25, -0.2) is 9.97 Å². The quantitative estimate of drug-likeness (QED) is 0.629. The van der Waals surface area contributed by atoms with E-state index in [-0.39, 0.29) is 11.9 Å². The molecule has 1 atom stereocenters. The summed E-state index contributed by atoms with van der Waals surface area (Å²) >= 11 is 1.68. The van der Waals surface area contributed by atoms with E-state index < -0.39 is 0 Å². The molecule has 5 nitrogen and oxygen atoms in total. The van der Waals surface area contributed by atoms with Gasteiger partial charge < -0.3 is 9.80 Å². The maximum absolute atomic E-state index is 12.8. The third-order valence-electron chi connectivity index (χ3n) is 5.71. The van der Waals surface area contributed by atoms with E-state index >= 15 is 0 Å². The molecule has 3 aromatic rings. The Morgan fingerprint density at radius 3 is 2.90 bits per heavy atom. The second-order valence-corrected chi connectivity index (χ2v) is 8.86. The zero-order valence-corrected chi connectivity index (χ0v) is 18.2. The molecule has 1 aliphatic heterocycles. The van der Waals surface area contributed by atoms with Crippen molar-refractivity contribution in [2.75, 3.05) is 24.5 Å². The first kappa shape index (κ1) is 19.8. The number of amides is 1. The van der Waals surface area contributed by atoms with Gasteiger partial charge in [-0.2, -0.15) is 0 Å².